The number of rotatable bonds is 9. The highest BCUT2D eigenvalue weighted by atomic mass is 19.1. The van der Waals surface area contributed by atoms with Crippen LogP contribution in [0.4, 0.5) is 21.0 Å². The Kier molecular flexibility index (Phi) is 13.1. The van der Waals surface area contributed by atoms with Gasteiger partial charge in [0.2, 0.25) is 5.95 Å². The molecule has 2 unspecified atom stereocenters. The van der Waals surface area contributed by atoms with Gasteiger partial charge in [0, 0.05) is 65.2 Å². The number of nitrogens with one attached hydrogen (secondary N) is 2. The molecule has 2 aliphatic carbocycles. The number of hydrogen-bond donors (Lipinski definition) is 2. The minimum Gasteiger partial charge on any atom is -0.345 e. The van der Waals surface area contributed by atoms with E-state index in [1.54, 1.807) is 42.6 Å². The highest BCUT2D eigenvalue weighted by molar-refractivity contribution is 6.16. The number of fused-ring (bicyclic) bond motifs is 2. The van der Waals surface area contributed by atoms with Gasteiger partial charge in [0.15, 0.2) is 5.78 Å². The molecule has 300 valence electrons. The number of nitrogens with zero attached hydrogens (tertiary/aromatic N) is 6. The zero-order valence-corrected chi connectivity index (χ0v) is 34.2. The van der Waals surface area contributed by atoms with Gasteiger partial charge >= 0.3 is 6.03 Å². The second-order valence-electron chi connectivity index (χ2n) is 14.8. The van der Waals surface area contributed by atoms with E-state index in [1.165, 1.54) is 11.0 Å². The predicted molar refractivity (Wildman–Crippen MR) is 229 cm³/mol. The summed E-state index contributed by atoms with van der Waals surface area (Å²) in [6.45, 7) is 11.9. The quantitative estimate of drug-likeness (QED) is 0.209. The molecule has 0 saturated carbocycles. The number of urea groups is 1. The summed E-state index contributed by atoms with van der Waals surface area (Å²) in [5.41, 5.74) is 7.61. The molecular formula is C46H51FN8O3. The zero-order valence-electron chi connectivity index (χ0n) is 34.2. The fourth-order valence-corrected chi connectivity index (χ4v) is 7.27. The third kappa shape index (κ3) is 9.45. The summed E-state index contributed by atoms with van der Waals surface area (Å²) < 4.78 is 13.7. The smallest absolute Gasteiger partial charge is 0.330 e. The van der Waals surface area contributed by atoms with Crippen LogP contribution < -0.4 is 15.5 Å². The summed E-state index contributed by atoms with van der Waals surface area (Å²) in [7, 11) is 1.68. The molecule has 58 heavy (non-hydrogen) atoms. The lowest BCUT2D eigenvalue weighted by Gasteiger charge is -2.37. The number of amides is 3. The number of carbonyl (C=O) groups is 3. The number of anilines is 2. The van der Waals surface area contributed by atoms with Crippen molar-refractivity contribution >= 4 is 40.9 Å². The van der Waals surface area contributed by atoms with Crippen molar-refractivity contribution < 1.29 is 18.8 Å². The van der Waals surface area contributed by atoms with Gasteiger partial charge in [0.25, 0.3) is 5.91 Å². The number of ketones is 1. The van der Waals surface area contributed by atoms with Crippen LogP contribution in [0.2, 0.25) is 0 Å². The van der Waals surface area contributed by atoms with E-state index in [2.05, 4.69) is 25.6 Å². The normalized spacial score (nSPS) is 20.2. The molecule has 11 nitrogen and oxygen atoms in total. The number of carbonyl (C=O) groups excluding carboxylic acids is 3. The van der Waals surface area contributed by atoms with Crippen LogP contribution in [0, 0.1) is 5.92 Å². The van der Waals surface area contributed by atoms with Gasteiger partial charge in [-0.25, -0.2) is 14.2 Å². The highest BCUT2D eigenvalue weighted by Crippen LogP contribution is 2.33. The molecule has 0 fully saturated rings. The molecule has 0 radical (unpaired) electrons. The maximum absolute atomic E-state index is 13.9. The van der Waals surface area contributed by atoms with Crippen molar-refractivity contribution in [3.63, 3.8) is 0 Å². The average Bonchev–Trinajstić information content (AvgIpc) is 3.36. The molecule has 3 amide bonds. The molecule has 3 aromatic rings. The Bertz CT molecular complexity index is 2300. The summed E-state index contributed by atoms with van der Waals surface area (Å²) >= 11 is 0. The number of aliphatic imine (C=N–C) groups is 2. The van der Waals surface area contributed by atoms with Crippen LogP contribution in [0.3, 0.4) is 0 Å². The van der Waals surface area contributed by atoms with Crippen molar-refractivity contribution in [1.82, 2.24) is 20.2 Å². The molecule has 12 heteroatoms. The van der Waals surface area contributed by atoms with Crippen LogP contribution in [0.25, 0.3) is 0 Å². The fourth-order valence-electron chi connectivity index (χ4n) is 7.27. The first-order valence-electron chi connectivity index (χ1n) is 19.8. The van der Waals surface area contributed by atoms with Crippen molar-refractivity contribution in [2.75, 3.05) is 17.3 Å². The number of hydrogen-bond acceptors (Lipinski definition) is 8. The van der Waals surface area contributed by atoms with E-state index in [1.807, 2.05) is 96.2 Å². The first-order valence-corrected chi connectivity index (χ1v) is 19.8. The van der Waals surface area contributed by atoms with Crippen LogP contribution in [-0.4, -0.2) is 63.1 Å². The summed E-state index contributed by atoms with van der Waals surface area (Å²) in [4.78, 5) is 63.0. The topological polar surface area (TPSA) is 132 Å². The minimum absolute atomic E-state index is 0.000620. The molecule has 3 heterocycles. The van der Waals surface area contributed by atoms with Crippen LogP contribution in [-0.2, 0) is 17.8 Å². The first-order chi connectivity index (χ1) is 27.9. The Morgan fingerprint density at radius 3 is 2.53 bits per heavy atom. The van der Waals surface area contributed by atoms with E-state index in [4.69, 9.17) is 4.99 Å². The third-order valence-electron chi connectivity index (χ3n) is 10.2. The molecule has 2 N–H and O–H groups in total. The summed E-state index contributed by atoms with van der Waals surface area (Å²) in [5.74, 6) is 0.278. The molecular weight excluding hydrogens is 732 g/mol. The standard InChI is InChI=1S/C44H45FN8O3.C2H6/c1-26(2)46-23-28(4)48-43-47-24-33-25-53(44(56)52(5)41(33)51-43)38-22-35(17-11-27(38)3)49-42(55)31-14-18-36-32(20-31)21-39(54)37(19-29-12-15-34(45)16-13-29)50-40(36)30-9-7-6-8-10-30;1-2/h6-12,14-16,18,20,22-24,29,35,37H,13,17,19,21,25H2,1-5H3,(H,49,55)(H,47,48,51);1-2H3/b28-23+;/t29?,35?,37-;/m0./s1. The first kappa shape index (κ1) is 41.3. The molecule has 0 bridgehead atoms. The molecule has 1 aromatic heterocycles. The van der Waals surface area contributed by atoms with Gasteiger partial charge in [0.1, 0.15) is 17.7 Å². The summed E-state index contributed by atoms with van der Waals surface area (Å²) in [6.07, 6.45) is 13.8. The Hall–Kier alpha value is -6.30. The predicted octanol–water partition coefficient (Wildman–Crippen LogP) is 8.81. The van der Waals surface area contributed by atoms with E-state index < -0.39 is 6.04 Å². The van der Waals surface area contributed by atoms with Crippen molar-refractivity contribution in [3.05, 3.63) is 142 Å². The van der Waals surface area contributed by atoms with Crippen LogP contribution >= 0.6 is 0 Å². The number of halogens is 1. The van der Waals surface area contributed by atoms with E-state index in [0.717, 1.165) is 39.2 Å². The van der Waals surface area contributed by atoms with Crippen LogP contribution in [0.1, 0.15) is 93.4 Å². The van der Waals surface area contributed by atoms with Gasteiger partial charge in [-0.05, 0) is 94.4 Å². The molecule has 0 saturated heterocycles. The lowest BCUT2D eigenvalue weighted by molar-refractivity contribution is -0.119. The molecule has 7 rings (SSSR count). The number of Topliss-reactive ketones (excluding diaryl/α,β-unsaturated/α-hetero) is 1. The molecule has 0 spiro atoms. The van der Waals surface area contributed by atoms with Gasteiger partial charge in [-0.15, -0.1) is 0 Å². The Balaban J connectivity index is 0.00000279. The van der Waals surface area contributed by atoms with Gasteiger partial charge in [-0.3, -0.25) is 29.4 Å². The lowest BCUT2D eigenvalue weighted by Crippen LogP contribution is -2.46. The monoisotopic (exact) mass is 782 g/mol. The van der Waals surface area contributed by atoms with Gasteiger partial charge < -0.3 is 10.6 Å². The summed E-state index contributed by atoms with van der Waals surface area (Å²) in [6, 6.07) is 13.9. The Morgan fingerprint density at radius 2 is 1.81 bits per heavy atom. The Morgan fingerprint density at radius 1 is 1.03 bits per heavy atom. The lowest BCUT2D eigenvalue weighted by atomic mass is 9.90. The number of allylic oxidation sites excluding steroid dienone is 6. The van der Waals surface area contributed by atoms with E-state index >= 15 is 0 Å². The van der Waals surface area contributed by atoms with Crippen molar-refractivity contribution in [2.24, 2.45) is 15.9 Å². The minimum atomic E-state index is -0.606. The average molecular weight is 783 g/mol. The van der Waals surface area contributed by atoms with Crippen molar-refractivity contribution in [1.29, 1.82) is 0 Å². The highest BCUT2D eigenvalue weighted by Gasteiger charge is 2.34. The van der Waals surface area contributed by atoms with Crippen LogP contribution in [0.15, 0.2) is 124 Å². The Labute approximate surface area is 340 Å². The zero-order chi connectivity index (χ0) is 41.5. The fraction of sp³-hybridized carbons (Fsp3) is 0.326. The summed E-state index contributed by atoms with van der Waals surface area (Å²) in [5, 5.41) is 6.27. The van der Waals surface area contributed by atoms with Crippen LogP contribution in [0.5, 0.6) is 0 Å². The van der Waals surface area contributed by atoms with Crippen molar-refractivity contribution in [3.8, 4) is 0 Å². The maximum atomic E-state index is 13.9. The molecule has 4 aliphatic rings. The number of benzene rings is 2. The van der Waals surface area contributed by atoms with Crippen molar-refractivity contribution in [2.45, 2.75) is 85.9 Å². The SMILES string of the molecule is CC.CC1=CCC(NC(=O)c2ccc3c(c2)CC(=O)[C@H](CC2C=CC(F)=CC2)N=C3c2ccccc2)C=C1N1Cc2cnc(N/C(C)=C/N=C(C)C)nc2N(C)C1=O. The van der Waals surface area contributed by atoms with E-state index in [9.17, 15) is 18.8 Å². The second-order valence-corrected chi connectivity index (χ2v) is 14.8. The largest absolute Gasteiger partial charge is 0.345 e. The third-order valence-corrected chi connectivity index (χ3v) is 10.2. The maximum Gasteiger partial charge on any atom is 0.330 e. The molecule has 2 aromatic carbocycles. The number of aromatic nitrogens is 2. The van der Waals surface area contributed by atoms with Gasteiger partial charge in [-0.2, -0.15) is 4.98 Å². The van der Waals surface area contributed by atoms with Gasteiger partial charge in [0.05, 0.1) is 18.3 Å². The van der Waals surface area contributed by atoms with E-state index in [-0.39, 0.29) is 48.5 Å². The second kappa shape index (κ2) is 18.3. The van der Waals surface area contributed by atoms with Gasteiger partial charge in [-0.1, -0.05) is 62.4 Å². The molecule has 3 atom stereocenters. The van der Waals surface area contributed by atoms with E-state index in [0.29, 0.717) is 48.0 Å². The molecule has 2 aliphatic heterocycles.